The highest BCUT2D eigenvalue weighted by Gasteiger charge is 2.65. The minimum absolute atomic E-state index is 0.221. The van der Waals surface area contributed by atoms with Crippen LogP contribution in [0.1, 0.15) is 55.4 Å². The molecule has 0 radical (unpaired) electrons. The second-order valence-electron chi connectivity index (χ2n) is 12.0. The molecule has 2 heterocycles. The highest BCUT2D eigenvalue weighted by molar-refractivity contribution is 14.1. The maximum Gasteiger partial charge on any atom is 0.242 e. The Hall–Kier alpha value is -3.20. The molecule has 1 fully saturated rings. The number of carbonyl (C=O) groups excluding carboxylic acids is 2. The summed E-state index contributed by atoms with van der Waals surface area (Å²) in [5, 5.41) is 19.3. The lowest BCUT2D eigenvalue weighted by atomic mass is 9.62. The van der Waals surface area contributed by atoms with E-state index >= 15 is 4.39 Å². The number of benzene rings is 3. The van der Waals surface area contributed by atoms with Gasteiger partial charge in [0.1, 0.15) is 17.0 Å². The number of halogens is 3. The summed E-state index contributed by atoms with van der Waals surface area (Å²) >= 11 is 8.50. The number of nitrogens with zero attached hydrogens (tertiary/aromatic N) is 1. The van der Waals surface area contributed by atoms with Gasteiger partial charge in [0.2, 0.25) is 11.8 Å². The van der Waals surface area contributed by atoms with Gasteiger partial charge in [0.15, 0.2) is 0 Å². The van der Waals surface area contributed by atoms with E-state index < -0.39 is 35.1 Å². The van der Waals surface area contributed by atoms with E-state index in [0.717, 1.165) is 11.1 Å². The van der Waals surface area contributed by atoms with Crippen LogP contribution in [0.2, 0.25) is 5.02 Å². The van der Waals surface area contributed by atoms with Crippen molar-refractivity contribution in [2.24, 2.45) is 5.41 Å². The van der Waals surface area contributed by atoms with Gasteiger partial charge in [-0.25, -0.2) is 4.39 Å². The summed E-state index contributed by atoms with van der Waals surface area (Å²) in [5.41, 5.74) is 1.91. The number of hydrogen-bond donors (Lipinski definition) is 3. The zero-order valence-corrected chi connectivity index (χ0v) is 26.6. The highest BCUT2D eigenvalue weighted by atomic mass is 127. The maximum absolute atomic E-state index is 15.1. The van der Waals surface area contributed by atoms with E-state index in [0.29, 0.717) is 44.1 Å². The number of ether oxygens (including phenoxy) is 1. The molecule has 0 unspecified atom stereocenters. The molecule has 4 atom stereocenters. The van der Waals surface area contributed by atoms with Crippen LogP contribution in [0.3, 0.4) is 0 Å². The van der Waals surface area contributed by atoms with Crippen molar-refractivity contribution in [2.75, 3.05) is 17.7 Å². The standard InChI is InChI=1S/C32H31ClFIN4O3/c1-31(2,3)14-26-32(22-7-6-20(33)13-24(22)38-30(32)41)27(19-9-18(15-35)10-21(34)12-19)28(39-26)29(40)37-23-8-5-17(16-36)11-25(23)42-4/h5-13,26-28,39H,14-15H2,1-4H3,(H,37,40)(H,38,41)/t26-,27-,28+,32+/m0/s1. The third-order valence-electron chi connectivity index (χ3n) is 7.99. The van der Waals surface area contributed by atoms with Crippen molar-refractivity contribution < 1.29 is 18.7 Å². The monoisotopic (exact) mass is 700 g/mol. The summed E-state index contributed by atoms with van der Waals surface area (Å²) in [5.74, 6) is -1.55. The average Bonchev–Trinajstić information content (AvgIpc) is 3.41. The first-order valence-electron chi connectivity index (χ1n) is 13.5. The average molecular weight is 701 g/mol. The third-order valence-corrected chi connectivity index (χ3v) is 9.10. The molecule has 2 aliphatic heterocycles. The summed E-state index contributed by atoms with van der Waals surface area (Å²) < 4.78 is 21.1. The van der Waals surface area contributed by atoms with Gasteiger partial charge in [0.05, 0.1) is 30.5 Å². The van der Waals surface area contributed by atoms with Crippen LogP contribution in [-0.2, 0) is 19.4 Å². The van der Waals surface area contributed by atoms with Gasteiger partial charge in [-0.3, -0.25) is 9.59 Å². The summed E-state index contributed by atoms with van der Waals surface area (Å²) in [6.45, 7) is 6.25. The second kappa shape index (κ2) is 11.5. The minimum Gasteiger partial charge on any atom is -0.495 e. The molecule has 3 aromatic rings. The van der Waals surface area contributed by atoms with Crippen molar-refractivity contribution in [3.63, 3.8) is 0 Å². The summed E-state index contributed by atoms with van der Waals surface area (Å²) in [4.78, 5) is 28.6. The van der Waals surface area contributed by atoms with Crippen molar-refractivity contribution in [1.82, 2.24) is 5.32 Å². The molecule has 42 heavy (non-hydrogen) atoms. The SMILES string of the molecule is COc1cc(C#N)ccc1NC(=O)[C@@H]1N[C@@H](CC(C)(C)C)[C@@]2(C(=O)Nc3cc(Cl)ccc32)[C@H]1c1cc(F)cc(CI)c1. The van der Waals surface area contributed by atoms with E-state index in [9.17, 15) is 14.9 Å². The Kier molecular flexibility index (Phi) is 8.27. The van der Waals surface area contributed by atoms with Crippen molar-refractivity contribution in [3.8, 4) is 11.8 Å². The molecule has 5 rings (SSSR count). The summed E-state index contributed by atoms with van der Waals surface area (Å²) in [7, 11) is 1.46. The molecule has 2 amide bonds. The predicted octanol–water partition coefficient (Wildman–Crippen LogP) is 6.68. The van der Waals surface area contributed by atoms with Crippen LogP contribution in [0.5, 0.6) is 5.75 Å². The van der Waals surface area contributed by atoms with Crippen LogP contribution in [0, 0.1) is 22.6 Å². The number of rotatable bonds is 6. The van der Waals surface area contributed by atoms with Gasteiger partial charge < -0.3 is 20.7 Å². The molecule has 2 aliphatic rings. The lowest BCUT2D eigenvalue weighted by molar-refractivity contribution is -0.122. The first-order valence-corrected chi connectivity index (χ1v) is 15.4. The molecule has 3 N–H and O–H groups in total. The molecule has 218 valence electrons. The van der Waals surface area contributed by atoms with Gasteiger partial charge in [-0.1, -0.05) is 67.1 Å². The van der Waals surface area contributed by atoms with E-state index in [1.54, 1.807) is 30.3 Å². The van der Waals surface area contributed by atoms with E-state index in [-0.39, 0.29) is 11.3 Å². The van der Waals surface area contributed by atoms with Crippen LogP contribution >= 0.6 is 34.2 Å². The zero-order valence-electron chi connectivity index (χ0n) is 23.6. The molecular weight excluding hydrogens is 670 g/mol. The van der Waals surface area contributed by atoms with Gasteiger partial charge in [0, 0.05) is 33.2 Å². The highest BCUT2D eigenvalue weighted by Crippen LogP contribution is 2.57. The quantitative estimate of drug-likeness (QED) is 0.197. The fourth-order valence-electron chi connectivity index (χ4n) is 6.43. The van der Waals surface area contributed by atoms with Crippen LogP contribution in [0.15, 0.2) is 54.6 Å². The van der Waals surface area contributed by atoms with E-state index in [2.05, 4.69) is 65.4 Å². The molecule has 10 heteroatoms. The van der Waals surface area contributed by atoms with Gasteiger partial charge in [-0.05, 0) is 64.9 Å². The van der Waals surface area contributed by atoms with E-state index in [4.69, 9.17) is 16.3 Å². The van der Waals surface area contributed by atoms with Gasteiger partial charge in [-0.15, -0.1) is 0 Å². The van der Waals surface area contributed by atoms with Crippen LogP contribution in [0.25, 0.3) is 0 Å². The lowest BCUT2D eigenvalue weighted by Gasteiger charge is -2.37. The number of hydrogen-bond acceptors (Lipinski definition) is 5. The summed E-state index contributed by atoms with van der Waals surface area (Å²) in [6, 6.07) is 15.5. The van der Waals surface area contributed by atoms with E-state index in [1.165, 1.54) is 19.2 Å². The maximum atomic E-state index is 15.1. The smallest absolute Gasteiger partial charge is 0.242 e. The van der Waals surface area contributed by atoms with Gasteiger partial charge in [-0.2, -0.15) is 5.26 Å². The molecule has 7 nitrogen and oxygen atoms in total. The molecule has 0 saturated carbocycles. The number of alkyl halides is 1. The Bertz CT molecular complexity index is 1620. The third kappa shape index (κ3) is 5.36. The van der Waals surface area contributed by atoms with Crippen molar-refractivity contribution in [2.45, 2.75) is 55.0 Å². The lowest BCUT2D eigenvalue weighted by Crippen LogP contribution is -2.49. The number of methoxy groups -OCH3 is 1. The molecule has 0 bridgehead atoms. The number of fused-ring (bicyclic) bond motifs is 2. The largest absolute Gasteiger partial charge is 0.495 e. The fraction of sp³-hybridized carbons (Fsp3) is 0.344. The number of nitrogens with one attached hydrogen (secondary N) is 3. The number of carbonyl (C=O) groups is 2. The van der Waals surface area contributed by atoms with Crippen LogP contribution < -0.4 is 20.7 Å². The molecule has 1 saturated heterocycles. The zero-order chi connectivity index (χ0) is 30.4. The molecule has 3 aromatic carbocycles. The Balaban J connectivity index is 1.72. The number of nitriles is 1. The van der Waals surface area contributed by atoms with E-state index in [1.807, 2.05) is 12.1 Å². The normalized spacial score (nSPS) is 22.9. The molecule has 0 aliphatic carbocycles. The van der Waals surface area contributed by atoms with Crippen molar-refractivity contribution in [3.05, 3.63) is 87.7 Å². The fourth-order valence-corrected chi connectivity index (χ4v) is 7.04. The Morgan fingerprint density at radius 1 is 1.19 bits per heavy atom. The van der Waals surface area contributed by atoms with Crippen LogP contribution in [-0.4, -0.2) is 31.0 Å². The molecular formula is C32H31ClFIN4O3. The Labute approximate surface area is 263 Å². The van der Waals surface area contributed by atoms with Gasteiger partial charge in [0.25, 0.3) is 0 Å². The predicted molar refractivity (Wildman–Crippen MR) is 170 cm³/mol. The molecule has 0 aromatic heterocycles. The summed E-state index contributed by atoms with van der Waals surface area (Å²) in [6.07, 6.45) is 0.553. The Morgan fingerprint density at radius 2 is 1.95 bits per heavy atom. The van der Waals surface area contributed by atoms with Crippen molar-refractivity contribution >= 4 is 57.4 Å². The minimum atomic E-state index is -1.24. The first-order chi connectivity index (χ1) is 19.9. The number of amides is 2. The number of anilines is 2. The second-order valence-corrected chi connectivity index (χ2v) is 13.2. The Morgan fingerprint density at radius 3 is 2.62 bits per heavy atom. The van der Waals surface area contributed by atoms with Crippen LogP contribution in [0.4, 0.5) is 15.8 Å². The topological polar surface area (TPSA) is 103 Å². The first kappa shape index (κ1) is 30.3. The molecule has 1 spiro atoms. The van der Waals surface area contributed by atoms with Crippen molar-refractivity contribution in [1.29, 1.82) is 5.26 Å². The van der Waals surface area contributed by atoms with Gasteiger partial charge >= 0.3 is 0 Å².